The van der Waals surface area contributed by atoms with E-state index < -0.39 is 0 Å². The van der Waals surface area contributed by atoms with E-state index in [4.69, 9.17) is 0 Å². The maximum absolute atomic E-state index is 4.51. The normalized spacial score (nSPS) is 8.78. The fraction of sp³-hybridized carbons (Fsp3) is 0.250. The third-order valence-electron chi connectivity index (χ3n) is 2.27. The number of rotatable bonds is 4. The standard InChI is InChI=1S/C14H14N.C2H6.K/c1-3-7-13(8-4-1)11-15-12-14-9-5-2-6-10-14;1-2;/h1-10H,11-12H2;1-2H3;/q-1;;+1. The van der Waals surface area contributed by atoms with Crippen molar-refractivity contribution in [3.8, 4) is 0 Å². The first-order valence-corrected chi connectivity index (χ1v) is 6.16. The van der Waals surface area contributed by atoms with Gasteiger partial charge in [-0.05, 0) is 0 Å². The summed E-state index contributed by atoms with van der Waals surface area (Å²) in [7, 11) is 0. The van der Waals surface area contributed by atoms with Crippen LogP contribution < -0.4 is 51.4 Å². The van der Waals surface area contributed by atoms with E-state index in [2.05, 4.69) is 29.6 Å². The summed E-state index contributed by atoms with van der Waals surface area (Å²) in [6.45, 7) is 5.60. The molecule has 2 rings (SSSR count). The van der Waals surface area contributed by atoms with Gasteiger partial charge in [0.2, 0.25) is 0 Å². The fourth-order valence-electron chi connectivity index (χ4n) is 1.48. The summed E-state index contributed by atoms with van der Waals surface area (Å²) in [5.41, 5.74) is 2.54. The minimum atomic E-state index is 0. The van der Waals surface area contributed by atoms with Crippen LogP contribution in [0, 0.1) is 0 Å². The molecule has 0 bridgehead atoms. The molecule has 0 spiro atoms. The first kappa shape index (κ1) is 18.0. The Morgan fingerprint density at radius 2 is 1.00 bits per heavy atom. The monoisotopic (exact) mass is 265 g/mol. The topological polar surface area (TPSA) is 14.1 Å². The van der Waals surface area contributed by atoms with Gasteiger partial charge >= 0.3 is 51.4 Å². The van der Waals surface area contributed by atoms with Crippen molar-refractivity contribution >= 4 is 0 Å². The zero-order chi connectivity index (χ0) is 12.3. The first-order chi connectivity index (χ1) is 8.45. The quantitative estimate of drug-likeness (QED) is 0.749. The van der Waals surface area contributed by atoms with E-state index in [1.165, 1.54) is 11.1 Å². The summed E-state index contributed by atoms with van der Waals surface area (Å²) in [5.74, 6) is 0. The zero-order valence-corrected chi connectivity index (χ0v) is 14.8. The Kier molecular flexibility index (Phi) is 12.1. The van der Waals surface area contributed by atoms with Crippen molar-refractivity contribution in [1.82, 2.24) is 0 Å². The molecule has 0 amide bonds. The molecule has 0 fully saturated rings. The van der Waals surface area contributed by atoms with Crippen LogP contribution in [0.2, 0.25) is 0 Å². The minimum absolute atomic E-state index is 0. The third-order valence-corrected chi connectivity index (χ3v) is 2.27. The predicted molar refractivity (Wildman–Crippen MR) is 75.0 cm³/mol. The van der Waals surface area contributed by atoms with Crippen LogP contribution in [0.25, 0.3) is 5.32 Å². The van der Waals surface area contributed by atoms with Crippen LogP contribution in [0.5, 0.6) is 0 Å². The molecule has 2 aromatic carbocycles. The second-order valence-electron chi connectivity index (χ2n) is 3.51. The molecule has 0 aliphatic carbocycles. The van der Waals surface area contributed by atoms with E-state index in [9.17, 15) is 0 Å². The Labute approximate surface area is 153 Å². The second-order valence-corrected chi connectivity index (χ2v) is 3.51. The van der Waals surface area contributed by atoms with Crippen LogP contribution in [0.4, 0.5) is 0 Å². The molecule has 0 saturated heterocycles. The fourth-order valence-corrected chi connectivity index (χ4v) is 1.48. The van der Waals surface area contributed by atoms with Crippen molar-refractivity contribution in [3.63, 3.8) is 0 Å². The SMILES string of the molecule is CC.[K+].c1ccc(C[N-]Cc2ccccc2)cc1. The molecule has 18 heavy (non-hydrogen) atoms. The molecular weight excluding hydrogens is 245 g/mol. The molecule has 1 nitrogen and oxygen atoms in total. The third kappa shape index (κ3) is 7.47. The zero-order valence-electron chi connectivity index (χ0n) is 11.6. The van der Waals surface area contributed by atoms with Gasteiger partial charge in [-0.25, -0.2) is 0 Å². The van der Waals surface area contributed by atoms with Gasteiger partial charge in [-0.3, -0.25) is 0 Å². The Bertz CT molecular complexity index is 347. The number of benzene rings is 2. The Morgan fingerprint density at radius 3 is 1.33 bits per heavy atom. The largest absolute Gasteiger partial charge is 1.00 e. The molecule has 0 unspecified atom stereocenters. The van der Waals surface area contributed by atoms with Gasteiger partial charge in [-0.2, -0.15) is 0 Å². The Hall–Kier alpha value is 0.0364. The van der Waals surface area contributed by atoms with Crippen molar-refractivity contribution in [2.75, 3.05) is 0 Å². The predicted octanol–water partition coefficient (Wildman–Crippen LogP) is 1.79. The average Bonchev–Trinajstić information content (AvgIpc) is 2.43. The molecule has 0 aromatic heterocycles. The second kappa shape index (κ2) is 12.1. The van der Waals surface area contributed by atoms with Crippen LogP contribution in [0.1, 0.15) is 25.0 Å². The Balaban J connectivity index is 0.000000917. The molecular formula is C16H20KN. The maximum atomic E-state index is 4.51. The number of hydrogen-bond acceptors (Lipinski definition) is 0. The number of hydrogen-bond donors (Lipinski definition) is 0. The molecule has 2 heteroatoms. The summed E-state index contributed by atoms with van der Waals surface area (Å²) in [5, 5.41) is 4.51. The molecule has 2 aromatic rings. The summed E-state index contributed by atoms with van der Waals surface area (Å²) < 4.78 is 0. The van der Waals surface area contributed by atoms with E-state index in [0.29, 0.717) is 0 Å². The summed E-state index contributed by atoms with van der Waals surface area (Å²) >= 11 is 0. The number of nitrogens with zero attached hydrogens (tertiary/aromatic N) is 1. The van der Waals surface area contributed by atoms with E-state index >= 15 is 0 Å². The van der Waals surface area contributed by atoms with Gasteiger partial charge in [0, 0.05) is 0 Å². The summed E-state index contributed by atoms with van der Waals surface area (Å²) in [6, 6.07) is 20.7. The summed E-state index contributed by atoms with van der Waals surface area (Å²) in [4.78, 5) is 0. The average molecular weight is 265 g/mol. The first-order valence-electron chi connectivity index (χ1n) is 6.16. The summed E-state index contributed by atoms with van der Waals surface area (Å²) in [6.07, 6.45) is 0. The van der Waals surface area contributed by atoms with Crippen molar-refractivity contribution in [3.05, 3.63) is 77.1 Å². The molecule has 0 atom stereocenters. The van der Waals surface area contributed by atoms with Crippen molar-refractivity contribution in [2.45, 2.75) is 26.9 Å². The van der Waals surface area contributed by atoms with Gasteiger partial charge in [-0.1, -0.05) is 85.6 Å². The molecule has 0 aliphatic heterocycles. The smallest absolute Gasteiger partial charge is 0.655 e. The van der Waals surface area contributed by atoms with Crippen LogP contribution in [0.15, 0.2) is 60.7 Å². The van der Waals surface area contributed by atoms with Gasteiger partial charge in [-0.15, -0.1) is 13.1 Å². The van der Waals surface area contributed by atoms with Gasteiger partial charge in [0.15, 0.2) is 0 Å². The van der Waals surface area contributed by atoms with Crippen molar-refractivity contribution in [2.24, 2.45) is 0 Å². The molecule has 0 aliphatic rings. The van der Waals surface area contributed by atoms with Gasteiger partial charge in [0.25, 0.3) is 0 Å². The minimum Gasteiger partial charge on any atom is -0.655 e. The Morgan fingerprint density at radius 1 is 0.667 bits per heavy atom. The van der Waals surface area contributed by atoms with Crippen LogP contribution in [-0.4, -0.2) is 0 Å². The van der Waals surface area contributed by atoms with E-state index in [1.807, 2.05) is 50.2 Å². The van der Waals surface area contributed by atoms with Gasteiger partial charge in [0.05, 0.1) is 0 Å². The van der Waals surface area contributed by atoms with Crippen LogP contribution >= 0.6 is 0 Å². The maximum Gasteiger partial charge on any atom is 1.00 e. The molecule has 0 heterocycles. The van der Waals surface area contributed by atoms with Crippen LogP contribution in [0.3, 0.4) is 0 Å². The van der Waals surface area contributed by atoms with Gasteiger partial charge in [0.1, 0.15) is 0 Å². The van der Waals surface area contributed by atoms with E-state index in [0.717, 1.165) is 13.1 Å². The van der Waals surface area contributed by atoms with Crippen molar-refractivity contribution < 1.29 is 51.4 Å². The molecule has 0 radical (unpaired) electrons. The van der Waals surface area contributed by atoms with E-state index in [1.54, 1.807) is 0 Å². The van der Waals surface area contributed by atoms with Gasteiger partial charge < -0.3 is 5.32 Å². The molecule has 0 N–H and O–H groups in total. The van der Waals surface area contributed by atoms with Crippen LogP contribution in [-0.2, 0) is 13.1 Å². The molecule has 90 valence electrons. The van der Waals surface area contributed by atoms with Crippen molar-refractivity contribution in [1.29, 1.82) is 0 Å². The molecule has 0 saturated carbocycles. The van der Waals surface area contributed by atoms with E-state index in [-0.39, 0.29) is 51.4 Å².